The SMILES string of the molecule is Cc1ccc2c(=N)n(COP(C)(=O)O)cnn12. The van der Waals surface area contributed by atoms with E-state index in [1.165, 1.54) is 10.9 Å². The highest BCUT2D eigenvalue weighted by Crippen LogP contribution is 2.36. The van der Waals surface area contributed by atoms with E-state index in [1.54, 1.807) is 10.6 Å². The molecule has 0 spiro atoms. The van der Waals surface area contributed by atoms with Crippen molar-refractivity contribution >= 4 is 13.1 Å². The summed E-state index contributed by atoms with van der Waals surface area (Å²) in [5, 5.41) is 12.0. The number of fused-ring (bicyclic) bond motifs is 1. The molecule has 92 valence electrons. The standard InChI is InChI=1S/C9H13N4O3P/c1-7-3-4-8-9(10)12(5-11-13(7)8)6-16-17(2,14)15/h3-5,10H,6H2,1-2H3,(H,14,15). The zero-order valence-electron chi connectivity index (χ0n) is 9.49. The molecule has 0 fully saturated rings. The molecule has 0 aliphatic rings. The number of aromatic nitrogens is 3. The van der Waals surface area contributed by atoms with Crippen molar-refractivity contribution in [1.82, 2.24) is 14.2 Å². The maximum atomic E-state index is 11.0. The van der Waals surface area contributed by atoms with Gasteiger partial charge in [-0.2, -0.15) is 5.10 Å². The summed E-state index contributed by atoms with van der Waals surface area (Å²) in [5.41, 5.74) is 1.73. The lowest BCUT2D eigenvalue weighted by atomic mass is 10.5. The molecule has 0 saturated heterocycles. The molecule has 2 heterocycles. The number of hydrogen-bond donors (Lipinski definition) is 2. The third-order valence-electron chi connectivity index (χ3n) is 2.32. The fraction of sp³-hybridized carbons (Fsp3) is 0.333. The van der Waals surface area contributed by atoms with Crippen LogP contribution in [0.5, 0.6) is 0 Å². The lowest BCUT2D eigenvalue weighted by Gasteiger charge is -2.10. The summed E-state index contributed by atoms with van der Waals surface area (Å²) in [5.74, 6) is 0. The second-order valence-corrected chi connectivity index (χ2v) is 5.65. The van der Waals surface area contributed by atoms with Gasteiger partial charge in [0.15, 0.2) is 5.49 Å². The molecule has 0 radical (unpaired) electrons. The third kappa shape index (κ3) is 2.46. The average molecular weight is 256 g/mol. The van der Waals surface area contributed by atoms with Crippen molar-refractivity contribution in [2.24, 2.45) is 0 Å². The monoisotopic (exact) mass is 256 g/mol. The van der Waals surface area contributed by atoms with Gasteiger partial charge in [-0.15, -0.1) is 0 Å². The zero-order chi connectivity index (χ0) is 12.6. The number of nitrogens with zero attached hydrogens (tertiary/aromatic N) is 3. The summed E-state index contributed by atoms with van der Waals surface area (Å²) in [6.45, 7) is 2.82. The van der Waals surface area contributed by atoms with Crippen LogP contribution in [0.15, 0.2) is 18.5 Å². The van der Waals surface area contributed by atoms with Crippen molar-refractivity contribution < 1.29 is 14.0 Å². The van der Waals surface area contributed by atoms with Crippen molar-refractivity contribution in [3.8, 4) is 0 Å². The number of hydrogen-bond acceptors (Lipinski definition) is 4. The largest absolute Gasteiger partial charge is 0.326 e. The van der Waals surface area contributed by atoms with E-state index in [4.69, 9.17) is 14.8 Å². The van der Waals surface area contributed by atoms with Crippen LogP contribution >= 0.6 is 7.60 Å². The minimum Gasteiger partial charge on any atom is -0.324 e. The minimum absolute atomic E-state index is 0.170. The van der Waals surface area contributed by atoms with Gasteiger partial charge in [0.25, 0.3) is 0 Å². The summed E-state index contributed by atoms with van der Waals surface area (Å²) in [4.78, 5) is 9.02. The fourth-order valence-electron chi connectivity index (χ4n) is 1.45. The lowest BCUT2D eigenvalue weighted by Crippen LogP contribution is -2.24. The molecule has 1 unspecified atom stereocenters. The smallest absolute Gasteiger partial charge is 0.324 e. The molecule has 2 N–H and O–H groups in total. The minimum atomic E-state index is -3.54. The van der Waals surface area contributed by atoms with E-state index >= 15 is 0 Å². The highest BCUT2D eigenvalue weighted by Gasteiger charge is 2.11. The second kappa shape index (κ2) is 4.10. The number of rotatable bonds is 3. The Bertz CT molecular complexity index is 654. The van der Waals surface area contributed by atoms with Gasteiger partial charge in [-0.1, -0.05) is 0 Å². The topological polar surface area (TPSA) is 92.6 Å². The van der Waals surface area contributed by atoms with Gasteiger partial charge in [0.1, 0.15) is 18.6 Å². The van der Waals surface area contributed by atoms with Gasteiger partial charge < -0.3 is 4.89 Å². The number of aryl methyl sites for hydroxylation is 1. The molecule has 0 amide bonds. The Morgan fingerprint density at radius 3 is 2.94 bits per heavy atom. The van der Waals surface area contributed by atoms with Crippen LogP contribution in [0.3, 0.4) is 0 Å². The second-order valence-electron chi connectivity index (χ2n) is 3.78. The van der Waals surface area contributed by atoms with E-state index in [0.717, 1.165) is 12.4 Å². The van der Waals surface area contributed by atoms with Crippen LogP contribution in [0.1, 0.15) is 5.69 Å². The van der Waals surface area contributed by atoms with Crippen LogP contribution in [-0.2, 0) is 15.8 Å². The molecule has 0 aliphatic heterocycles. The first-order chi connectivity index (χ1) is 7.88. The Morgan fingerprint density at radius 1 is 1.59 bits per heavy atom. The van der Waals surface area contributed by atoms with Crippen LogP contribution in [-0.4, -0.2) is 25.7 Å². The van der Waals surface area contributed by atoms with Gasteiger partial charge in [-0.3, -0.25) is 19.1 Å². The van der Waals surface area contributed by atoms with Gasteiger partial charge in [0.2, 0.25) is 0 Å². The maximum absolute atomic E-state index is 11.0. The molecule has 2 aromatic heterocycles. The first kappa shape index (κ1) is 12.0. The van der Waals surface area contributed by atoms with Gasteiger partial charge in [-0.25, -0.2) is 4.52 Å². The zero-order valence-corrected chi connectivity index (χ0v) is 10.4. The van der Waals surface area contributed by atoms with E-state index in [1.807, 2.05) is 13.0 Å². The summed E-state index contributed by atoms with van der Waals surface area (Å²) in [6.07, 6.45) is 1.40. The van der Waals surface area contributed by atoms with E-state index in [-0.39, 0.29) is 12.2 Å². The first-order valence-electron chi connectivity index (χ1n) is 4.92. The van der Waals surface area contributed by atoms with Crippen LogP contribution in [0.2, 0.25) is 0 Å². The average Bonchev–Trinajstić information content (AvgIpc) is 2.59. The highest BCUT2D eigenvalue weighted by atomic mass is 31.2. The predicted molar refractivity (Wildman–Crippen MR) is 60.6 cm³/mol. The molecule has 0 aromatic carbocycles. The van der Waals surface area contributed by atoms with Crippen molar-refractivity contribution in [3.05, 3.63) is 29.6 Å². The van der Waals surface area contributed by atoms with E-state index in [9.17, 15) is 4.57 Å². The lowest BCUT2D eigenvalue weighted by molar-refractivity contribution is 0.198. The normalized spacial score (nSPS) is 15.0. The quantitative estimate of drug-likeness (QED) is 0.791. The summed E-state index contributed by atoms with van der Waals surface area (Å²) < 4.78 is 18.7. The van der Waals surface area contributed by atoms with Crippen LogP contribution in [0.4, 0.5) is 0 Å². The molecule has 0 saturated carbocycles. The highest BCUT2D eigenvalue weighted by molar-refractivity contribution is 7.51. The molecule has 17 heavy (non-hydrogen) atoms. The van der Waals surface area contributed by atoms with Gasteiger partial charge in [0, 0.05) is 12.4 Å². The Kier molecular flexibility index (Phi) is 2.91. The molecule has 0 bridgehead atoms. The maximum Gasteiger partial charge on any atom is 0.326 e. The molecule has 1 atom stereocenters. The molecule has 7 nitrogen and oxygen atoms in total. The van der Waals surface area contributed by atoms with E-state index in [2.05, 4.69) is 5.10 Å². The van der Waals surface area contributed by atoms with E-state index < -0.39 is 7.60 Å². The molecular weight excluding hydrogens is 243 g/mol. The van der Waals surface area contributed by atoms with Gasteiger partial charge in [0.05, 0.1) is 0 Å². The van der Waals surface area contributed by atoms with Crippen LogP contribution in [0.25, 0.3) is 5.52 Å². The fourth-order valence-corrected chi connectivity index (χ4v) is 1.79. The van der Waals surface area contributed by atoms with Crippen LogP contribution in [0, 0.1) is 12.3 Å². The van der Waals surface area contributed by atoms with E-state index in [0.29, 0.717) is 5.52 Å². The molecular formula is C9H13N4O3P. The Balaban J connectivity index is 2.40. The summed E-state index contributed by atoms with van der Waals surface area (Å²) in [7, 11) is -3.54. The Morgan fingerprint density at radius 2 is 2.29 bits per heavy atom. The molecule has 0 aliphatic carbocycles. The summed E-state index contributed by atoms with van der Waals surface area (Å²) in [6, 6.07) is 3.62. The first-order valence-corrected chi connectivity index (χ1v) is 6.94. The summed E-state index contributed by atoms with van der Waals surface area (Å²) >= 11 is 0. The van der Waals surface area contributed by atoms with Gasteiger partial charge >= 0.3 is 7.60 Å². The molecule has 2 aromatic rings. The molecule has 8 heteroatoms. The van der Waals surface area contributed by atoms with Gasteiger partial charge in [-0.05, 0) is 19.1 Å². The van der Waals surface area contributed by atoms with Crippen molar-refractivity contribution in [3.63, 3.8) is 0 Å². The molecule has 2 rings (SSSR count). The van der Waals surface area contributed by atoms with Crippen molar-refractivity contribution in [1.29, 1.82) is 5.41 Å². The Hall–Kier alpha value is -1.43. The third-order valence-corrected chi connectivity index (χ3v) is 2.91. The predicted octanol–water partition coefficient (Wildman–Crippen LogP) is 0.713. The number of nitrogens with one attached hydrogen (secondary N) is 1. The Labute approximate surface area is 97.3 Å². The van der Waals surface area contributed by atoms with Crippen LogP contribution < -0.4 is 5.49 Å². The van der Waals surface area contributed by atoms with Crippen molar-refractivity contribution in [2.45, 2.75) is 13.7 Å². The van der Waals surface area contributed by atoms with Crippen molar-refractivity contribution in [2.75, 3.05) is 6.66 Å².